The Bertz CT molecular complexity index is 212. The SMILES string of the molecule is CC1CC1CN(C)CC(O)CNC(C)(C)C. The summed E-state index contributed by atoms with van der Waals surface area (Å²) in [6, 6.07) is 0. The summed E-state index contributed by atoms with van der Waals surface area (Å²) in [6.07, 6.45) is 1.10. The van der Waals surface area contributed by atoms with E-state index in [0.29, 0.717) is 6.54 Å². The lowest BCUT2D eigenvalue weighted by Gasteiger charge is -2.25. The van der Waals surface area contributed by atoms with Crippen molar-refractivity contribution < 1.29 is 5.11 Å². The molecule has 0 spiro atoms. The predicted molar refractivity (Wildman–Crippen MR) is 68.5 cm³/mol. The van der Waals surface area contributed by atoms with Crippen LogP contribution in [0.25, 0.3) is 0 Å². The minimum absolute atomic E-state index is 0.0879. The highest BCUT2D eigenvalue weighted by atomic mass is 16.3. The van der Waals surface area contributed by atoms with Crippen molar-refractivity contribution in [3.8, 4) is 0 Å². The number of β-amino-alcohol motifs (C(OH)–C–C–N with tert-alkyl or cyclic N) is 1. The lowest BCUT2D eigenvalue weighted by molar-refractivity contribution is 0.114. The molecule has 0 radical (unpaired) electrons. The second-order valence-electron chi connectivity index (χ2n) is 6.48. The van der Waals surface area contributed by atoms with Crippen LogP contribution >= 0.6 is 0 Å². The molecule has 16 heavy (non-hydrogen) atoms. The van der Waals surface area contributed by atoms with Crippen molar-refractivity contribution in [2.24, 2.45) is 11.8 Å². The Kier molecular flexibility index (Phi) is 4.77. The molecule has 1 aliphatic carbocycles. The second kappa shape index (κ2) is 5.48. The van der Waals surface area contributed by atoms with Crippen LogP contribution in [0.4, 0.5) is 0 Å². The highest BCUT2D eigenvalue weighted by Crippen LogP contribution is 2.37. The van der Waals surface area contributed by atoms with E-state index in [0.717, 1.165) is 24.9 Å². The van der Waals surface area contributed by atoms with Crippen molar-refractivity contribution in [3.63, 3.8) is 0 Å². The van der Waals surface area contributed by atoms with Crippen LogP contribution in [0.3, 0.4) is 0 Å². The molecule has 0 heterocycles. The van der Waals surface area contributed by atoms with Gasteiger partial charge in [0.15, 0.2) is 0 Å². The van der Waals surface area contributed by atoms with Gasteiger partial charge in [0.05, 0.1) is 6.10 Å². The van der Waals surface area contributed by atoms with Crippen LogP contribution < -0.4 is 5.32 Å². The number of nitrogens with one attached hydrogen (secondary N) is 1. The van der Waals surface area contributed by atoms with Crippen molar-refractivity contribution in [2.75, 3.05) is 26.7 Å². The van der Waals surface area contributed by atoms with Crippen LogP contribution in [0.1, 0.15) is 34.1 Å². The smallest absolute Gasteiger partial charge is 0.0791 e. The average Bonchev–Trinajstić information content (AvgIpc) is 2.76. The van der Waals surface area contributed by atoms with Crippen LogP contribution in [0.15, 0.2) is 0 Å². The first kappa shape index (κ1) is 13.9. The molecule has 0 aromatic heterocycles. The van der Waals surface area contributed by atoms with Crippen molar-refractivity contribution in [3.05, 3.63) is 0 Å². The molecule has 0 saturated heterocycles. The maximum atomic E-state index is 9.88. The molecule has 0 amide bonds. The quantitative estimate of drug-likeness (QED) is 0.720. The molecule has 3 heteroatoms. The first-order valence-electron chi connectivity index (χ1n) is 6.39. The molecular weight excluding hydrogens is 200 g/mol. The summed E-state index contributed by atoms with van der Waals surface area (Å²) < 4.78 is 0. The first-order valence-corrected chi connectivity index (χ1v) is 6.39. The summed E-state index contributed by atoms with van der Waals surface area (Å²) in [5.74, 6) is 1.76. The number of aliphatic hydroxyl groups excluding tert-OH is 1. The summed E-state index contributed by atoms with van der Waals surface area (Å²) in [6.45, 7) is 11.2. The van der Waals surface area contributed by atoms with Gasteiger partial charge in [-0.3, -0.25) is 0 Å². The summed E-state index contributed by atoms with van der Waals surface area (Å²) in [4.78, 5) is 2.25. The monoisotopic (exact) mass is 228 g/mol. The number of aliphatic hydroxyl groups is 1. The Morgan fingerprint density at radius 2 is 2.00 bits per heavy atom. The van der Waals surface area contributed by atoms with E-state index < -0.39 is 0 Å². The normalized spacial score (nSPS) is 27.2. The fraction of sp³-hybridized carbons (Fsp3) is 1.00. The zero-order valence-corrected chi connectivity index (χ0v) is 11.5. The largest absolute Gasteiger partial charge is 0.390 e. The van der Waals surface area contributed by atoms with E-state index in [2.05, 4.69) is 45.0 Å². The molecule has 0 bridgehead atoms. The zero-order valence-electron chi connectivity index (χ0n) is 11.5. The number of rotatable bonds is 6. The molecule has 0 aromatic carbocycles. The van der Waals surface area contributed by atoms with E-state index in [-0.39, 0.29) is 11.6 Å². The van der Waals surface area contributed by atoms with Gasteiger partial charge < -0.3 is 15.3 Å². The van der Waals surface area contributed by atoms with Crippen LogP contribution in [0.5, 0.6) is 0 Å². The number of hydrogen-bond acceptors (Lipinski definition) is 3. The van der Waals surface area contributed by atoms with Gasteiger partial charge in [-0.25, -0.2) is 0 Å². The molecule has 0 aliphatic heterocycles. The summed E-state index contributed by atoms with van der Waals surface area (Å²) >= 11 is 0. The van der Waals surface area contributed by atoms with E-state index in [9.17, 15) is 5.11 Å². The van der Waals surface area contributed by atoms with Gasteiger partial charge in [-0.1, -0.05) is 6.92 Å². The van der Waals surface area contributed by atoms with Crippen LogP contribution in [-0.2, 0) is 0 Å². The van der Waals surface area contributed by atoms with Gasteiger partial charge >= 0.3 is 0 Å². The van der Waals surface area contributed by atoms with E-state index in [1.54, 1.807) is 0 Å². The minimum atomic E-state index is -0.265. The van der Waals surface area contributed by atoms with E-state index in [4.69, 9.17) is 0 Å². The highest BCUT2D eigenvalue weighted by Gasteiger charge is 2.33. The molecular formula is C13H28N2O. The Hall–Kier alpha value is -0.120. The Morgan fingerprint density at radius 1 is 1.44 bits per heavy atom. The van der Waals surface area contributed by atoms with E-state index in [1.807, 2.05) is 0 Å². The van der Waals surface area contributed by atoms with Crippen molar-refractivity contribution in [2.45, 2.75) is 45.8 Å². The molecule has 0 aromatic rings. The maximum absolute atomic E-state index is 9.88. The van der Waals surface area contributed by atoms with Crippen molar-refractivity contribution in [1.29, 1.82) is 0 Å². The number of likely N-dealkylation sites (N-methyl/N-ethyl adjacent to an activating group) is 1. The molecule has 96 valence electrons. The van der Waals surface area contributed by atoms with Gasteiger partial charge in [-0.2, -0.15) is 0 Å². The topological polar surface area (TPSA) is 35.5 Å². The summed E-state index contributed by atoms with van der Waals surface area (Å²) in [5.41, 5.74) is 0.0879. The van der Waals surface area contributed by atoms with Gasteiger partial charge in [-0.15, -0.1) is 0 Å². The molecule has 2 N–H and O–H groups in total. The Labute approximate surface area is 100 Å². The van der Waals surface area contributed by atoms with Gasteiger partial charge in [0.25, 0.3) is 0 Å². The maximum Gasteiger partial charge on any atom is 0.0791 e. The molecule has 1 aliphatic rings. The minimum Gasteiger partial charge on any atom is -0.390 e. The third-order valence-electron chi connectivity index (χ3n) is 3.21. The predicted octanol–water partition coefficient (Wildman–Crippen LogP) is 1.32. The fourth-order valence-corrected chi connectivity index (χ4v) is 1.98. The first-order chi connectivity index (χ1) is 7.28. The van der Waals surface area contributed by atoms with Crippen molar-refractivity contribution in [1.82, 2.24) is 10.2 Å². The molecule has 3 atom stereocenters. The third kappa shape index (κ3) is 5.83. The molecule has 1 fully saturated rings. The highest BCUT2D eigenvalue weighted by molar-refractivity contribution is 4.85. The lowest BCUT2D eigenvalue weighted by Crippen LogP contribution is -2.44. The third-order valence-corrected chi connectivity index (χ3v) is 3.21. The van der Waals surface area contributed by atoms with E-state index in [1.165, 1.54) is 6.42 Å². The fourth-order valence-electron chi connectivity index (χ4n) is 1.98. The van der Waals surface area contributed by atoms with Crippen molar-refractivity contribution >= 4 is 0 Å². The van der Waals surface area contributed by atoms with Gasteiger partial charge in [0.1, 0.15) is 0 Å². The second-order valence-corrected chi connectivity index (χ2v) is 6.48. The number of nitrogens with zero attached hydrogens (tertiary/aromatic N) is 1. The lowest BCUT2D eigenvalue weighted by atomic mass is 10.1. The molecule has 3 nitrogen and oxygen atoms in total. The molecule has 3 unspecified atom stereocenters. The van der Waals surface area contributed by atoms with Crippen LogP contribution in [0, 0.1) is 11.8 Å². The average molecular weight is 228 g/mol. The van der Waals surface area contributed by atoms with Gasteiger partial charge in [-0.05, 0) is 46.1 Å². The molecule has 1 rings (SSSR count). The zero-order chi connectivity index (χ0) is 12.3. The standard InChI is InChI=1S/C13H28N2O/c1-10-6-11(10)8-15(5)9-12(16)7-14-13(2,3)4/h10-12,14,16H,6-9H2,1-5H3. The summed E-state index contributed by atoms with van der Waals surface area (Å²) in [7, 11) is 2.10. The van der Waals surface area contributed by atoms with E-state index >= 15 is 0 Å². The summed E-state index contributed by atoms with van der Waals surface area (Å²) in [5, 5.41) is 13.2. The van der Waals surface area contributed by atoms with Crippen LogP contribution in [0.2, 0.25) is 0 Å². The molecule has 1 saturated carbocycles. The number of hydrogen-bond donors (Lipinski definition) is 2. The Balaban J connectivity index is 2.10. The van der Waals surface area contributed by atoms with Crippen LogP contribution in [-0.4, -0.2) is 48.3 Å². The van der Waals surface area contributed by atoms with Gasteiger partial charge in [0, 0.05) is 25.2 Å². The Morgan fingerprint density at radius 3 is 2.44 bits per heavy atom. The van der Waals surface area contributed by atoms with Gasteiger partial charge in [0.2, 0.25) is 0 Å².